The molecule has 1 aliphatic heterocycles. The van der Waals surface area contributed by atoms with Crippen molar-refractivity contribution in [3.05, 3.63) is 102 Å². The van der Waals surface area contributed by atoms with E-state index in [2.05, 4.69) is 24.5 Å². The first-order chi connectivity index (χ1) is 16.8. The van der Waals surface area contributed by atoms with Gasteiger partial charge in [-0.3, -0.25) is 9.59 Å². The molecule has 0 aromatic heterocycles. The van der Waals surface area contributed by atoms with Crippen molar-refractivity contribution in [1.29, 1.82) is 0 Å². The van der Waals surface area contributed by atoms with E-state index in [4.69, 9.17) is 0 Å². The Kier molecular flexibility index (Phi) is 5.89. The Labute approximate surface area is 204 Å². The zero-order valence-corrected chi connectivity index (χ0v) is 19.8. The number of ketones is 1. The first-order valence-electron chi connectivity index (χ1n) is 11.8. The highest BCUT2D eigenvalue weighted by molar-refractivity contribution is 6.02. The predicted octanol–water partition coefficient (Wildman–Crippen LogP) is 6.08. The number of benzene rings is 3. The average molecular weight is 470 g/mol. The lowest BCUT2D eigenvalue weighted by atomic mass is 9.73. The topological polar surface area (TPSA) is 61.4 Å². The number of carbonyl (C=O) groups is 2. The average Bonchev–Trinajstić information content (AvgIpc) is 2.95. The largest absolute Gasteiger partial charge is 0.357 e. The number of fused-ring (bicyclic) bond motifs is 1. The second-order valence-corrected chi connectivity index (χ2v) is 9.94. The van der Waals surface area contributed by atoms with Crippen LogP contribution in [0.4, 0.5) is 21.5 Å². The Bertz CT molecular complexity index is 1320. The standard InChI is InChI=1S/C29H28FN3O2/c1-29(2)16-23-27(25(34)17-29)28(19-10-4-3-5-11-19)33(24-15-9-8-14-22(24)31-23)18-26(35)32-21-13-7-6-12-20(21)30/h3-15,28,31H,16-18H2,1-2H3,(H,32,35)/t28-/m1/s1. The van der Waals surface area contributed by atoms with Crippen molar-refractivity contribution < 1.29 is 14.0 Å². The van der Waals surface area contributed by atoms with Gasteiger partial charge >= 0.3 is 0 Å². The Morgan fingerprint density at radius 2 is 1.69 bits per heavy atom. The van der Waals surface area contributed by atoms with Crippen molar-refractivity contribution in [3.8, 4) is 0 Å². The first kappa shape index (κ1) is 22.8. The highest BCUT2D eigenvalue weighted by Crippen LogP contribution is 2.48. The number of carbonyl (C=O) groups excluding carboxylic acids is 2. The van der Waals surface area contributed by atoms with Crippen LogP contribution in [0.3, 0.4) is 0 Å². The molecule has 1 heterocycles. The van der Waals surface area contributed by atoms with Crippen LogP contribution in [0.25, 0.3) is 0 Å². The molecule has 1 amide bonds. The number of rotatable bonds is 4. The molecule has 0 spiro atoms. The number of allylic oxidation sites excluding steroid dienone is 1. The molecular weight excluding hydrogens is 441 g/mol. The molecule has 3 aromatic rings. The first-order valence-corrected chi connectivity index (χ1v) is 11.8. The van der Waals surface area contributed by atoms with E-state index in [9.17, 15) is 14.0 Å². The van der Waals surface area contributed by atoms with E-state index in [0.717, 1.165) is 29.1 Å². The molecule has 35 heavy (non-hydrogen) atoms. The fourth-order valence-corrected chi connectivity index (χ4v) is 5.12. The van der Waals surface area contributed by atoms with Gasteiger partial charge in [0.2, 0.25) is 5.91 Å². The van der Waals surface area contributed by atoms with Crippen LogP contribution in [0.1, 0.15) is 38.3 Å². The van der Waals surface area contributed by atoms with Gasteiger partial charge in [-0.1, -0.05) is 68.4 Å². The summed E-state index contributed by atoms with van der Waals surface area (Å²) in [6.45, 7) is 4.15. The van der Waals surface area contributed by atoms with E-state index in [-0.39, 0.29) is 29.3 Å². The molecule has 0 fully saturated rings. The molecule has 5 rings (SSSR count). The molecule has 0 saturated heterocycles. The maximum atomic E-state index is 14.2. The van der Waals surface area contributed by atoms with Crippen molar-refractivity contribution in [3.63, 3.8) is 0 Å². The van der Waals surface area contributed by atoms with Gasteiger partial charge in [-0.25, -0.2) is 4.39 Å². The number of anilines is 3. The Morgan fingerprint density at radius 1 is 1.00 bits per heavy atom. The SMILES string of the molecule is CC1(C)CC(=O)C2=C(C1)Nc1ccccc1N(CC(=O)Nc1ccccc1F)[C@@H]2c1ccccc1. The second kappa shape index (κ2) is 9.02. The zero-order chi connectivity index (χ0) is 24.6. The Morgan fingerprint density at radius 3 is 2.46 bits per heavy atom. The van der Waals surface area contributed by atoms with Gasteiger partial charge < -0.3 is 15.5 Å². The van der Waals surface area contributed by atoms with E-state index in [0.29, 0.717) is 12.0 Å². The molecular formula is C29H28FN3O2. The number of nitrogens with one attached hydrogen (secondary N) is 2. The van der Waals surface area contributed by atoms with Crippen molar-refractivity contribution in [2.45, 2.75) is 32.7 Å². The van der Waals surface area contributed by atoms with E-state index < -0.39 is 11.9 Å². The van der Waals surface area contributed by atoms with Crippen LogP contribution in [0.5, 0.6) is 0 Å². The van der Waals surface area contributed by atoms with Crippen molar-refractivity contribution in [2.75, 3.05) is 22.1 Å². The van der Waals surface area contributed by atoms with Gasteiger partial charge in [-0.15, -0.1) is 0 Å². The van der Waals surface area contributed by atoms with Gasteiger partial charge in [-0.2, -0.15) is 0 Å². The van der Waals surface area contributed by atoms with Crippen molar-refractivity contribution in [1.82, 2.24) is 0 Å². The molecule has 1 aliphatic carbocycles. The summed E-state index contributed by atoms with van der Waals surface area (Å²) in [6.07, 6.45) is 1.16. The summed E-state index contributed by atoms with van der Waals surface area (Å²) in [5.41, 5.74) is 4.11. The van der Waals surface area contributed by atoms with Gasteiger partial charge in [0.15, 0.2) is 5.78 Å². The van der Waals surface area contributed by atoms with Crippen LogP contribution >= 0.6 is 0 Å². The second-order valence-electron chi connectivity index (χ2n) is 9.94. The minimum Gasteiger partial charge on any atom is -0.357 e. The predicted molar refractivity (Wildman–Crippen MR) is 137 cm³/mol. The monoisotopic (exact) mass is 469 g/mol. The normalized spacial score (nSPS) is 18.8. The molecule has 1 atom stereocenters. The number of para-hydroxylation sites is 3. The van der Waals surface area contributed by atoms with E-state index in [1.54, 1.807) is 12.1 Å². The Balaban J connectivity index is 1.63. The molecule has 3 aromatic carbocycles. The summed E-state index contributed by atoms with van der Waals surface area (Å²) in [5, 5.41) is 6.23. The zero-order valence-electron chi connectivity index (χ0n) is 19.8. The highest BCUT2D eigenvalue weighted by atomic mass is 19.1. The molecule has 5 nitrogen and oxygen atoms in total. The molecule has 2 aliphatic rings. The smallest absolute Gasteiger partial charge is 0.244 e. The molecule has 0 unspecified atom stereocenters. The number of amides is 1. The number of nitrogens with zero attached hydrogens (tertiary/aromatic N) is 1. The van der Waals surface area contributed by atoms with Gasteiger partial charge in [0, 0.05) is 17.7 Å². The number of hydrogen-bond donors (Lipinski definition) is 2. The number of Topliss-reactive ketones (excluding diaryl/α,β-unsaturated/α-hetero) is 1. The summed E-state index contributed by atoms with van der Waals surface area (Å²) >= 11 is 0. The van der Waals surface area contributed by atoms with E-state index in [1.807, 2.05) is 59.5 Å². The third kappa shape index (κ3) is 4.56. The summed E-state index contributed by atoms with van der Waals surface area (Å²) in [6, 6.07) is 23.2. The summed E-state index contributed by atoms with van der Waals surface area (Å²) < 4.78 is 14.2. The fraction of sp³-hybridized carbons (Fsp3) is 0.241. The molecule has 6 heteroatoms. The summed E-state index contributed by atoms with van der Waals surface area (Å²) in [4.78, 5) is 28.8. The molecule has 0 saturated carbocycles. The minimum atomic E-state index is -0.493. The number of hydrogen-bond acceptors (Lipinski definition) is 4. The lowest BCUT2D eigenvalue weighted by Crippen LogP contribution is -2.40. The molecule has 178 valence electrons. The number of halogens is 1. The lowest BCUT2D eigenvalue weighted by molar-refractivity contribution is -0.119. The van der Waals surface area contributed by atoms with Crippen LogP contribution in [-0.4, -0.2) is 18.2 Å². The summed E-state index contributed by atoms with van der Waals surface area (Å²) in [7, 11) is 0. The quantitative estimate of drug-likeness (QED) is 0.486. The molecule has 0 bridgehead atoms. The lowest BCUT2D eigenvalue weighted by Gasteiger charge is -2.37. The highest BCUT2D eigenvalue weighted by Gasteiger charge is 2.41. The van der Waals surface area contributed by atoms with Crippen LogP contribution in [-0.2, 0) is 9.59 Å². The maximum Gasteiger partial charge on any atom is 0.244 e. The van der Waals surface area contributed by atoms with E-state index in [1.165, 1.54) is 12.1 Å². The minimum absolute atomic E-state index is 0.0555. The van der Waals surface area contributed by atoms with E-state index >= 15 is 0 Å². The van der Waals surface area contributed by atoms with Gasteiger partial charge in [0.25, 0.3) is 0 Å². The maximum absolute atomic E-state index is 14.2. The fourth-order valence-electron chi connectivity index (χ4n) is 5.12. The van der Waals surface area contributed by atoms with Crippen LogP contribution in [0, 0.1) is 11.2 Å². The van der Waals surface area contributed by atoms with Crippen molar-refractivity contribution >= 4 is 28.8 Å². The summed E-state index contributed by atoms with van der Waals surface area (Å²) in [5.74, 6) is -0.781. The van der Waals surface area contributed by atoms with Crippen LogP contribution in [0.15, 0.2) is 90.1 Å². The van der Waals surface area contributed by atoms with Crippen molar-refractivity contribution in [2.24, 2.45) is 5.41 Å². The van der Waals surface area contributed by atoms with Gasteiger partial charge in [0.1, 0.15) is 5.82 Å². The van der Waals surface area contributed by atoms with Crippen LogP contribution in [0.2, 0.25) is 0 Å². The van der Waals surface area contributed by atoms with Gasteiger partial charge in [0.05, 0.1) is 29.6 Å². The Hall–Kier alpha value is -3.93. The molecule has 0 radical (unpaired) electrons. The third-order valence-electron chi connectivity index (χ3n) is 6.58. The van der Waals surface area contributed by atoms with Crippen LogP contribution < -0.4 is 15.5 Å². The molecule has 2 N–H and O–H groups in total. The van der Waals surface area contributed by atoms with Gasteiger partial charge in [-0.05, 0) is 41.7 Å². The third-order valence-corrected chi connectivity index (χ3v) is 6.58.